The second kappa shape index (κ2) is 4.69. The zero-order chi connectivity index (χ0) is 9.78. The van der Waals surface area contributed by atoms with E-state index in [1.165, 1.54) is 18.4 Å². The van der Waals surface area contributed by atoms with Gasteiger partial charge in [0.2, 0.25) is 0 Å². The van der Waals surface area contributed by atoms with Crippen LogP contribution in [0.1, 0.15) is 54.4 Å². The van der Waals surface area contributed by atoms with Gasteiger partial charge in [0.25, 0.3) is 0 Å². The molecule has 0 nitrogen and oxygen atoms in total. The van der Waals surface area contributed by atoms with Crippen LogP contribution in [0, 0.1) is 11.3 Å². The molecule has 0 N–H and O–H groups in total. The summed E-state index contributed by atoms with van der Waals surface area (Å²) in [4.78, 5) is 0. The van der Waals surface area contributed by atoms with Gasteiger partial charge in [-0.1, -0.05) is 39.3 Å². The van der Waals surface area contributed by atoms with Crippen LogP contribution in [0.25, 0.3) is 0 Å². The molecule has 0 rings (SSSR count). The zero-order valence-electron chi connectivity index (χ0n) is 9.57. The van der Waals surface area contributed by atoms with Gasteiger partial charge in [0.05, 0.1) is 0 Å². The van der Waals surface area contributed by atoms with E-state index in [-0.39, 0.29) is 0 Å². The van der Waals surface area contributed by atoms with E-state index < -0.39 is 0 Å². The van der Waals surface area contributed by atoms with Crippen molar-refractivity contribution in [3.05, 3.63) is 11.6 Å². The van der Waals surface area contributed by atoms with Crippen molar-refractivity contribution in [1.29, 1.82) is 0 Å². The second-order valence-electron chi connectivity index (χ2n) is 4.94. The Kier molecular flexibility index (Phi) is 4.59. The van der Waals surface area contributed by atoms with Gasteiger partial charge >= 0.3 is 0 Å². The Morgan fingerprint density at radius 3 is 2.17 bits per heavy atom. The summed E-state index contributed by atoms with van der Waals surface area (Å²) in [6.45, 7) is 13.7. The smallest absolute Gasteiger partial charge is 0.0320 e. The molecule has 0 aliphatic heterocycles. The SMILES string of the molecule is C/C=C(\C)CCC(C)C(C)(C)C. The average Bonchev–Trinajstić information content (AvgIpc) is 1.97. The van der Waals surface area contributed by atoms with Crippen LogP contribution in [-0.4, -0.2) is 0 Å². The van der Waals surface area contributed by atoms with Gasteiger partial charge in [0, 0.05) is 0 Å². The van der Waals surface area contributed by atoms with Crippen LogP contribution in [-0.2, 0) is 0 Å². The molecule has 0 radical (unpaired) electrons. The third-order valence-corrected chi connectivity index (χ3v) is 2.94. The second-order valence-corrected chi connectivity index (χ2v) is 4.94. The van der Waals surface area contributed by atoms with E-state index in [4.69, 9.17) is 0 Å². The summed E-state index contributed by atoms with van der Waals surface area (Å²) in [6, 6.07) is 0. The highest BCUT2D eigenvalue weighted by molar-refractivity contribution is 4.95. The Morgan fingerprint density at radius 2 is 1.83 bits per heavy atom. The molecule has 72 valence electrons. The molecule has 12 heavy (non-hydrogen) atoms. The molecule has 0 amide bonds. The standard InChI is InChI=1S/C12H24/c1-7-10(2)8-9-11(3)12(4,5)6/h7,11H,8-9H2,1-6H3/b10-7+. The first-order chi connectivity index (χ1) is 5.38. The first-order valence-corrected chi connectivity index (χ1v) is 4.99. The predicted octanol–water partition coefficient (Wildman–Crippen LogP) is 4.42. The van der Waals surface area contributed by atoms with Crippen molar-refractivity contribution >= 4 is 0 Å². The quantitative estimate of drug-likeness (QED) is 0.547. The summed E-state index contributed by atoms with van der Waals surface area (Å²) >= 11 is 0. The van der Waals surface area contributed by atoms with Crippen molar-refractivity contribution in [3.63, 3.8) is 0 Å². The highest BCUT2D eigenvalue weighted by Gasteiger charge is 2.18. The van der Waals surface area contributed by atoms with Crippen LogP contribution >= 0.6 is 0 Å². The Bertz CT molecular complexity index is 146. The third kappa shape index (κ3) is 4.58. The fourth-order valence-corrected chi connectivity index (χ4v) is 1.02. The van der Waals surface area contributed by atoms with Crippen LogP contribution in [0.4, 0.5) is 0 Å². The summed E-state index contributed by atoms with van der Waals surface area (Å²) in [5.41, 5.74) is 1.99. The molecule has 0 heteroatoms. The fourth-order valence-electron chi connectivity index (χ4n) is 1.02. The molecule has 1 unspecified atom stereocenters. The van der Waals surface area contributed by atoms with Crippen molar-refractivity contribution in [1.82, 2.24) is 0 Å². The summed E-state index contributed by atoms with van der Waals surface area (Å²) in [5.74, 6) is 0.812. The lowest BCUT2D eigenvalue weighted by atomic mass is 9.79. The molecule has 0 aromatic carbocycles. The Hall–Kier alpha value is -0.260. The molecule has 1 atom stereocenters. The van der Waals surface area contributed by atoms with Gasteiger partial charge in [-0.05, 0) is 38.0 Å². The number of hydrogen-bond acceptors (Lipinski definition) is 0. The zero-order valence-corrected chi connectivity index (χ0v) is 9.57. The van der Waals surface area contributed by atoms with Crippen molar-refractivity contribution in [2.45, 2.75) is 54.4 Å². The van der Waals surface area contributed by atoms with Gasteiger partial charge in [-0.2, -0.15) is 0 Å². The van der Waals surface area contributed by atoms with Gasteiger partial charge < -0.3 is 0 Å². The van der Waals surface area contributed by atoms with Crippen molar-refractivity contribution in [3.8, 4) is 0 Å². The van der Waals surface area contributed by atoms with Crippen LogP contribution in [0.2, 0.25) is 0 Å². The lowest BCUT2D eigenvalue weighted by molar-refractivity contribution is 0.247. The van der Waals surface area contributed by atoms with Crippen molar-refractivity contribution in [2.24, 2.45) is 11.3 Å². The van der Waals surface area contributed by atoms with Gasteiger partial charge in [-0.15, -0.1) is 0 Å². The molecule has 0 aliphatic rings. The average molecular weight is 168 g/mol. The van der Waals surface area contributed by atoms with E-state index in [2.05, 4.69) is 47.6 Å². The van der Waals surface area contributed by atoms with E-state index in [0.717, 1.165) is 5.92 Å². The molecule has 0 heterocycles. The number of allylic oxidation sites excluding steroid dienone is 2. The summed E-state index contributed by atoms with van der Waals surface area (Å²) in [6.07, 6.45) is 4.80. The minimum atomic E-state index is 0.466. The van der Waals surface area contributed by atoms with E-state index in [1.807, 2.05) is 0 Å². The van der Waals surface area contributed by atoms with Gasteiger partial charge in [-0.25, -0.2) is 0 Å². The molecule has 0 bridgehead atoms. The monoisotopic (exact) mass is 168 g/mol. The molecule has 0 aromatic heterocycles. The minimum absolute atomic E-state index is 0.466. The maximum Gasteiger partial charge on any atom is -0.0320 e. The molecule has 0 spiro atoms. The summed E-state index contributed by atoms with van der Waals surface area (Å²) < 4.78 is 0. The first kappa shape index (κ1) is 11.7. The summed E-state index contributed by atoms with van der Waals surface area (Å²) in [5, 5.41) is 0. The molecular formula is C12H24. The maximum absolute atomic E-state index is 2.35. The third-order valence-electron chi connectivity index (χ3n) is 2.94. The molecule has 0 aliphatic carbocycles. The lowest BCUT2D eigenvalue weighted by Gasteiger charge is -2.27. The fraction of sp³-hybridized carbons (Fsp3) is 0.833. The van der Waals surface area contributed by atoms with Gasteiger partial charge in [0.1, 0.15) is 0 Å². The van der Waals surface area contributed by atoms with Gasteiger partial charge in [0.15, 0.2) is 0 Å². The van der Waals surface area contributed by atoms with Crippen LogP contribution < -0.4 is 0 Å². The van der Waals surface area contributed by atoms with Crippen LogP contribution in [0.3, 0.4) is 0 Å². The molecular weight excluding hydrogens is 144 g/mol. The highest BCUT2D eigenvalue weighted by atomic mass is 14.2. The van der Waals surface area contributed by atoms with E-state index in [1.54, 1.807) is 0 Å². The highest BCUT2D eigenvalue weighted by Crippen LogP contribution is 2.29. The number of hydrogen-bond donors (Lipinski definition) is 0. The van der Waals surface area contributed by atoms with E-state index in [0.29, 0.717) is 5.41 Å². The minimum Gasteiger partial charge on any atom is -0.0887 e. The number of rotatable bonds is 3. The van der Waals surface area contributed by atoms with Crippen LogP contribution in [0.15, 0.2) is 11.6 Å². The Morgan fingerprint density at radius 1 is 1.33 bits per heavy atom. The predicted molar refractivity (Wildman–Crippen MR) is 57.3 cm³/mol. The van der Waals surface area contributed by atoms with Gasteiger partial charge in [-0.3, -0.25) is 0 Å². The normalized spacial score (nSPS) is 16.3. The molecule has 0 aromatic rings. The lowest BCUT2D eigenvalue weighted by Crippen LogP contribution is -2.17. The largest absolute Gasteiger partial charge is 0.0887 e. The topological polar surface area (TPSA) is 0 Å². The van der Waals surface area contributed by atoms with E-state index >= 15 is 0 Å². The maximum atomic E-state index is 2.35. The van der Waals surface area contributed by atoms with Crippen molar-refractivity contribution in [2.75, 3.05) is 0 Å². The van der Waals surface area contributed by atoms with Crippen LogP contribution in [0.5, 0.6) is 0 Å². The van der Waals surface area contributed by atoms with Crippen molar-refractivity contribution < 1.29 is 0 Å². The Labute approximate surface area is 78.1 Å². The van der Waals surface area contributed by atoms with E-state index in [9.17, 15) is 0 Å². The Balaban J connectivity index is 3.80. The first-order valence-electron chi connectivity index (χ1n) is 4.99. The molecule has 0 fully saturated rings. The molecule has 0 saturated carbocycles. The molecule has 0 saturated heterocycles. The summed E-state index contributed by atoms with van der Waals surface area (Å²) in [7, 11) is 0.